The lowest BCUT2D eigenvalue weighted by atomic mass is 10.0. The van der Waals surface area contributed by atoms with Crippen molar-refractivity contribution in [3.05, 3.63) is 59.6 Å². The third kappa shape index (κ3) is 2.71. The number of hydrogen-bond donors (Lipinski definition) is 0. The summed E-state index contributed by atoms with van der Waals surface area (Å²) in [5.41, 5.74) is 6.85. The molecule has 7 nitrogen and oxygen atoms in total. The minimum Gasteiger partial charge on any atom is -0.351 e. The van der Waals surface area contributed by atoms with Gasteiger partial charge in [-0.2, -0.15) is 4.98 Å². The van der Waals surface area contributed by atoms with E-state index in [0.717, 1.165) is 58.9 Å². The van der Waals surface area contributed by atoms with Crippen LogP contribution in [0.5, 0.6) is 0 Å². The van der Waals surface area contributed by atoms with Crippen molar-refractivity contribution in [2.75, 3.05) is 11.4 Å². The van der Waals surface area contributed by atoms with Gasteiger partial charge in [0.05, 0.1) is 5.69 Å². The molecule has 0 fully saturated rings. The van der Waals surface area contributed by atoms with Crippen LogP contribution >= 0.6 is 0 Å². The predicted octanol–water partition coefficient (Wildman–Crippen LogP) is 3.25. The topological polar surface area (TPSA) is 80.8 Å². The second-order valence-electron chi connectivity index (χ2n) is 6.84. The molecule has 1 aliphatic rings. The van der Waals surface area contributed by atoms with Gasteiger partial charge in [-0.25, -0.2) is 4.98 Å². The summed E-state index contributed by atoms with van der Waals surface area (Å²) in [7, 11) is 0. The van der Waals surface area contributed by atoms with Gasteiger partial charge in [0, 0.05) is 54.4 Å². The summed E-state index contributed by atoms with van der Waals surface area (Å²) in [5, 5.41) is 4.92. The van der Waals surface area contributed by atoms with Gasteiger partial charge in [-0.1, -0.05) is 11.2 Å². The summed E-state index contributed by atoms with van der Waals surface area (Å²) in [5.74, 6) is 0.867. The zero-order valence-electron chi connectivity index (χ0n) is 15.2. The molecule has 0 N–H and O–H groups in total. The van der Waals surface area contributed by atoms with Crippen LogP contribution in [0.25, 0.3) is 22.2 Å². The molecule has 7 heteroatoms. The first-order valence-corrected chi connectivity index (χ1v) is 8.92. The molecule has 0 spiro atoms. The van der Waals surface area contributed by atoms with Crippen molar-refractivity contribution in [1.82, 2.24) is 25.1 Å². The number of pyridine rings is 2. The molecule has 0 aromatic carbocycles. The summed E-state index contributed by atoms with van der Waals surface area (Å²) < 4.78 is 5.29. The molecule has 4 aromatic heterocycles. The fraction of sp³-hybridized carbons (Fsp3) is 0.250. The maximum absolute atomic E-state index is 5.29. The highest BCUT2D eigenvalue weighted by Crippen LogP contribution is 2.31. The highest BCUT2D eigenvalue weighted by Gasteiger charge is 2.23. The van der Waals surface area contributed by atoms with Crippen LogP contribution < -0.4 is 4.90 Å². The molecule has 5 rings (SSSR count). The monoisotopic (exact) mass is 358 g/mol. The van der Waals surface area contributed by atoms with Gasteiger partial charge in [0.1, 0.15) is 17.5 Å². The second-order valence-corrected chi connectivity index (χ2v) is 6.84. The Hall–Kier alpha value is -3.35. The molecule has 1 aliphatic heterocycles. The molecule has 0 saturated carbocycles. The van der Waals surface area contributed by atoms with Crippen LogP contribution in [0.1, 0.15) is 22.6 Å². The third-order valence-electron chi connectivity index (χ3n) is 5.01. The van der Waals surface area contributed by atoms with E-state index < -0.39 is 0 Å². The second kappa shape index (κ2) is 6.12. The van der Waals surface area contributed by atoms with Crippen LogP contribution in [-0.4, -0.2) is 31.6 Å². The first kappa shape index (κ1) is 15.9. The summed E-state index contributed by atoms with van der Waals surface area (Å²) >= 11 is 0. The van der Waals surface area contributed by atoms with Crippen LogP contribution in [0.15, 0.2) is 41.4 Å². The Morgan fingerprint density at radius 2 is 1.89 bits per heavy atom. The zero-order valence-corrected chi connectivity index (χ0v) is 15.2. The lowest BCUT2D eigenvalue weighted by molar-refractivity contribution is 0.442. The minimum atomic E-state index is 0.529. The Kier molecular flexibility index (Phi) is 3.60. The summed E-state index contributed by atoms with van der Waals surface area (Å²) in [6, 6.07) is 6.31. The highest BCUT2D eigenvalue weighted by molar-refractivity contribution is 5.88. The Bertz CT molecular complexity index is 1140. The highest BCUT2D eigenvalue weighted by atomic mass is 16.5. The maximum atomic E-state index is 5.29. The van der Waals surface area contributed by atoms with E-state index in [1.807, 2.05) is 32.3 Å². The zero-order chi connectivity index (χ0) is 18.4. The van der Waals surface area contributed by atoms with Crippen molar-refractivity contribution < 1.29 is 4.52 Å². The summed E-state index contributed by atoms with van der Waals surface area (Å²) in [6.45, 7) is 5.50. The van der Waals surface area contributed by atoms with Crippen LogP contribution in [0.2, 0.25) is 0 Å². The van der Waals surface area contributed by atoms with Crippen LogP contribution in [-0.2, 0) is 13.0 Å². The van der Waals surface area contributed by atoms with Crippen molar-refractivity contribution in [2.24, 2.45) is 0 Å². The average molecular weight is 358 g/mol. The molecule has 134 valence electrons. The van der Waals surface area contributed by atoms with Gasteiger partial charge in [-0.15, -0.1) is 0 Å². The van der Waals surface area contributed by atoms with Gasteiger partial charge in [0.15, 0.2) is 0 Å². The van der Waals surface area contributed by atoms with Crippen molar-refractivity contribution in [3.8, 4) is 11.1 Å². The Morgan fingerprint density at radius 1 is 1.00 bits per heavy atom. The smallest absolute Gasteiger partial charge is 0.263 e. The molecule has 0 amide bonds. The molecule has 0 aliphatic carbocycles. The van der Waals surface area contributed by atoms with Crippen molar-refractivity contribution >= 4 is 16.9 Å². The van der Waals surface area contributed by atoms with E-state index in [1.54, 1.807) is 0 Å². The SMILES string of the molecule is Cc1ccc(-c2cnc3c(c2)CN(c2ncnc4onc(C)c24)CC3)cn1. The number of anilines is 1. The molecule has 5 heterocycles. The van der Waals surface area contributed by atoms with Crippen LogP contribution in [0.4, 0.5) is 5.82 Å². The summed E-state index contributed by atoms with van der Waals surface area (Å²) in [6.07, 6.45) is 6.24. The van der Waals surface area contributed by atoms with Crippen molar-refractivity contribution in [1.29, 1.82) is 0 Å². The number of rotatable bonds is 2. The molecule has 0 unspecified atom stereocenters. The van der Waals surface area contributed by atoms with E-state index in [4.69, 9.17) is 9.51 Å². The van der Waals surface area contributed by atoms with Gasteiger partial charge < -0.3 is 9.42 Å². The molecular formula is C20H18N6O. The molecular weight excluding hydrogens is 340 g/mol. The van der Waals surface area contributed by atoms with E-state index in [-0.39, 0.29) is 0 Å². The average Bonchev–Trinajstić information content (AvgIpc) is 3.09. The Labute approximate surface area is 156 Å². The fourth-order valence-corrected chi connectivity index (χ4v) is 3.55. The number of fused-ring (bicyclic) bond motifs is 2. The number of aromatic nitrogens is 5. The standard InChI is InChI=1S/C20H18N6O/c1-12-3-4-14(8-21-12)15-7-16-10-26(6-5-17(16)22-9-15)19-18-13(2)25-27-20(18)24-11-23-19/h3-4,7-9,11H,5-6,10H2,1-2H3. The van der Waals surface area contributed by atoms with Gasteiger partial charge in [0.2, 0.25) is 0 Å². The van der Waals surface area contributed by atoms with Gasteiger partial charge in [-0.05, 0) is 31.5 Å². The van der Waals surface area contributed by atoms with Gasteiger partial charge >= 0.3 is 0 Å². The van der Waals surface area contributed by atoms with E-state index in [9.17, 15) is 0 Å². The Morgan fingerprint density at radius 3 is 2.74 bits per heavy atom. The summed E-state index contributed by atoms with van der Waals surface area (Å²) in [4.78, 5) is 20.0. The molecule has 0 saturated heterocycles. The normalized spacial score (nSPS) is 13.8. The maximum Gasteiger partial charge on any atom is 0.263 e. The number of aryl methyl sites for hydroxylation is 2. The van der Waals surface area contributed by atoms with Crippen LogP contribution in [0.3, 0.4) is 0 Å². The largest absolute Gasteiger partial charge is 0.351 e. The molecule has 27 heavy (non-hydrogen) atoms. The fourth-order valence-electron chi connectivity index (χ4n) is 3.55. The van der Waals surface area contributed by atoms with E-state index in [1.165, 1.54) is 11.9 Å². The van der Waals surface area contributed by atoms with Gasteiger partial charge in [0.25, 0.3) is 5.71 Å². The molecule has 4 aromatic rings. The lowest BCUT2D eigenvalue weighted by Gasteiger charge is -2.29. The molecule has 0 atom stereocenters. The quantitative estimate of drug-likeness (QED) is 0.544. The third-order valence-corrected chi connectivity index (χ3v) is 5.01. The van der Waals surface area contributed by atoms with E-state index in [0.29, 0.717) is 5.71 Å². The first-order chi connectivity index (χ1) is 13.2. The Balaban J connectivity index is 1.52. The van der Waals surface area contributed by atoms with Crippen LogP contribution in [0, 0.1) is 13.8 Å². The van der Waals surface area contributed by atoms with Crippen molar-refractivity contribution in [2.45, 2.75) is 26.8 Å². The van der Waals surface area contributed by atoms with E-state index in [2.05, 4.69) is 37.1 Å². The van der Waals surface area contributed by atoms with Crippen molar-refractivity contribution in [3.63, 3.8) is 0 Å². The number of nitrogens with zero attached hydrogens (tertiary/aromatic N) is 6. The number of hydrogen-bond acceptors (Lipinski definition) is 7. The minimum absolute atomic E-state index is 0.529. The molecule has 0 radical (unpaired) electrons. The lowest BCUT2D eigenvalue weighted by Crippen LogP contribution is -2.31. The van der Waals surface area contributed by atoms with Gasteiger partial charge in [-0.3, -0.25) is 9.97 Å². The molecule has 0 bridgehead atoms. The predicted molar refractivity (Wildman–Crippen MR) is 101 cm³/mol. The van der Waals surface area contributed by atoms with E-state index >= 15 is 0 Å². The first-order valence-electron chi connectivity index (χ1n) is 8.92.